The smallest absolute Gasteiger partial charge is 0.264 e. The van der Waals surface area contributed by atoms with Gasteiger partial charge < -0.3 is 5.11 Å². The molecule has 3 aromatic carbocycles. The lowest BCUT2D eigenvalue weighted by molar-refractivity contribution is 0.159. The number of sulfonamides is 1. The van der Waals surface area contributed by atoms with E-state index >= 15 is 0 Å². The highest BCUT2D eigenvalue weighted by atomic mass is 32.2. The van der Waals surface area contributed by atoms with E-state index in [4.69, 9.17) is 0 Å². The van der Waals surface area contributed by atoms with Gasteiger partial charge in [-0.1, -0.05) is 47.2 Å². The summed E-state index contributed by atoms with van der Waals surface area (Å²) < 4.78 is 29.8. The van der Waals surface area contributed by atoms with Crippen LogP contribution in [-0.4, -0.2) is 41.2 Å². The Labute approximate surface area is 181 Å². The van der Waals surface area contributed by atoms with Crippen LogP contribution in [0.2, 0.25) is 0 Å². The first-order valence-corrected chi connectivity index (χ1v) is 11.4. The number of hydrogen-bond acceptors (Lipinski definition) is 5. The Balaban J connectivity index is 1.66. The zero-order valence-corrected chi connectivity index (χ0v) is 18.2. The van der Waals surface area contributed by atoms with E-state index in [0.29, 0.717) is 5.69 Å². The lowest BCUT2D eigenvalue weighted by atomic mass is 10.2. The molecule has 0 fully saturated rings. The summed E-state index contributed by atoms with van der Waals surface area (Å²) in [4.78, 5) is 0.179. The van der Waals surface area contributed by atoms with Gasteiger partial charge in [-0.15, -0.1) is 5.10 Å². The molecule has 0 amide bonds. The van der Waals surface area contributed by atoms with Crippen LogP contribution in [0.3, 0.4) is 0 Å². The van der Waals surface area contributed by atoms with E-state index in [1.54, 1.807) is 47.1 Å². The van der Waals surface area contributed by atoms with Crippen LogP contribution >= 0.6 is 0 Å². The number of para-hydroxylation sites is 1. The molecule has 1 atom stereocenters. The molecular weight excluding hydrogens is 412 g/mol. The van der Waals surface area contributed by atoms with Crippen LogP contribution < -0.4 is 4.31 Å². The van der Waals surface area contributed by atoms with Gasteiger partial charge in [-0.3, -0.25) is 4.31 Å². The van der Waals surface area contributed by atoms with Crippen molar-refractivity contribution in [1.29, 1.82) is 0 Å². The topological polar surface area (TPSA) is 88.3 Å². The number of aromatic nitrogens is 3. The van der Waals surface area contributed by atoms with Crippen molar-refractivity contribution in [3.63, 3.8) is 0 Å². The fourth-order valence-electron chi connectivity index (χ4n) is 3.46. The molecule has 31 heavy (non-hydrogen) atoms. The van der Waals surface area contributed by atoms with Crippen LogP contribution in [0.25, 0.3) is 11.0 Å². The van der Waals surface area contributed by atoms with Gasteiger partial charge >= 0.3 is 0 Å². The van der Waals surface area contributed by atoms with Crippen molar-refractivity contribution in [1.82, 2.24) is 15.0 Å². The van der Waals surface area contributed by atoms with E-state index in [1.807, 2.05) is 44.2 Å². The summed E-state index contributed by atoms with van der Waals surface area (Å²) >= 11 is 0. The SMILES string of the molecule is Cc1ccc(S(=O)(=O)N(C[C@@H](O)Cn2nnc3ccccc32)c2cccc(C)c2)cc1. The third kappa shape index (κ3) is 4.45. The molecule has 0 aliphatic carbocycles. The Morgan fingerprint density at radius 1 is 0.968 bits per heavy atom. The second-order valence-corrected chi connectivity index (χ2v) is 9.46. The van der Waals surface area contributed by atoms with Crippen molar-refractivity contribution in [3.05, 3.63) is 83.9 Å². The predicted octanol–water partition coefficient (Wildman–Crippen LogP) is 3.30. The highest BCUT2D eigenvalue weighted by molar-refractivity contribution is 7.92. The quantitative estimate of drug-likeness (QED) is 0.480. The number of rotatable bonds is 7. The maximum Gasteiger partial charge on any atom is 0.264 e. The summed E-state index contributed by atoms with van der Waals surface area (Å²) in [6, 6.07) is 21.4. The van der Waals surface area contributed by atoms with Gasteiger partial charge in [0, 0.05) is 0 Å². The summed E-state index contributed by atoms with van der Waals surface area (Å²) in [6.45, 7) is 3.80. The van der Waals surface area contributed by atoms with Crippen molar-refractivity contribution in [2.24, 2.45) is 0 Å². The number of hydrogen-bond donors (Lipinski definition) is 1. The van der Waals surface area contributed by atoms with E-state index in [1.165, 1.54) is 4.31 Å². The molecule has 1 heterocycles. The Hall–Kier alpha value is -3.23. The number of aliphatic hydroxyl groups is 1. The molecule has 0 unspecified atom stereocenters. The van der Waals surface area contributed by atoms with Gasteiger partial charge in [-0.25, -0.2) is 13.1 Å². The molecule has 8 heteroatoms. The average molecular weight is 437 g/mol. The standard InChI is InChI=1S/C23H24N4O3S/c1-17-10-12-21(13-11-17)31(29,30)27(19-7-5-6-18(2)14-19)16-20(28)15-26-23-9-4-3-8-22(23)24-25-26/h3-14,20,28H,15-16H2,1-2H3/t20-/m0/s1. The minimum Gasteiger partial charge on any atom is -0.389 e. The van der Waals surface area contributed by atoms with Crippen LogP contribution in [0.1, 0.15) is 11.1 Å². The molecule has 1 N–H and O–H groups in total. The highest BCUT2D eigenvalue weighted by Crippen LogP contribution is 2.25. The number of aliphatic hydroxyl groups excluding tert-OH is 1. The third-order valence-electron chi connectivity index (χ3n) is 5.08. The van der Waals surface area contributed by atoms with Gasteiger partial charge in [0.1, 0.15) is 5.52 Å². The van der Waals surface area contributed by atoms with Crippen molar-refractivity contribution in [2.45, 2.75) is 31.4 Å². The van der Waals surface area contributed by atoms with Gasteiger partial charge in [-0.05, 0) is 55.8 Å². The normalized spacial score (nSPS) is 12.7. The van der Waals surface area contributed by atoms with Gasteiger partial charge in [0.2, 0.25) is 0 Å². The van der Waals surface area contributed by atoms with Crippen molar-refractivity contribution >= 4 is 26.7 Å². The molecule has 0 bridgehead atoms. The molecule has 4 rings (SSSR count). The zero-order valence-electron chi connectivity index (χ0n) is 17.4. The first-order valence-electron chi connectivity index (χ1n) is 9.97. The molecule has 0 aliphatic rings. The average Bonchev–Trinajstić information content (AvgIpc) is 3.15. The Morgan fingerprint density at radius 3 is 2.45 bits per heavy atom. The number of nitrogens with zero attached hydrogens (tertiary/aromatic N) is 4. The van der Waals surface area contributed by atoms with Crippen LogP contribution in [0.15, 0.2) is 77.7 Å². The van der Waals surface area contributed by atoms with E-state index < -0.39 is 16.1 Å². The number of fused-ring (bicyclic) bond motifs is 1. The summed E-state index contributed by atoms with van der Waals surface area (Å²) in [5.41, 5.74) is 3.91. The number of benzene rings is 3. The van der Waals surface area contributed by atoms with Crippen molar-refractivity contribution in [2.75, 3.05) is 10.8 Å². The first kappa shape index (κ1) is 21.0. The molecular formula is C23H24N4O3S. The fraction of sp³-hybridized carbons (Fsp3) is 0.217. The summed E-state index contributed by atoms with van der Waals surface area (Å²) in [5.74, 6) is 0. The van der Waals surface area contributed by atoms with E-state index in [0.717, 1.165) is 22.2 Å². The van der Waals surface area contributed by atoms with Crippen molar-refractivity contribution < 1.29 is 13.5 Å². The maximum absolute atomic E-state index is 13.5. The summed E-state index contributed by atoms with van der Waals surface area (Å²) in [6.07, 6.45) is -0.995. The monoisotopic (exact) mass is 436 g/mol. The van der Waals surface area contributed by atoms with Crippen LogP contribution in [0, 0.1) is 13.8 Å². The van der Waals surface area contributed by atoms with Crippen LogP contribution in [0.5, 0.6) is 0 Å². The molecule has 160 valence electrons. The maximum atomic E-state index is 13.5. The minimum atomic E-state index is -3.88. The zero-order chi connectivity index (χ0) is 22.0. The van der Waals surface area contributed by atoms with Crippen LogP contribution in [-0.2, 0) is 16.6 Å². The number of anilines is 1. The molecule has 0 spiro atoms. The molecule has 4 aromatic rings. The van der Waals surface area contributed by atoms with Crippen LogP contribution in [0.4, 0.5) is 5.69 Å². The predicted molar refractivity (Wildman–Crippen MR) is 120 cm³/mol. The van der Waals surface area contributed by atoms with Gasteiger partial charge in [0.25, 0.3) is 10.0 Å². The van der Waals surface area contributed by atoms with Crippen molar-refractivity contribution in [3.8, 4) is 0 Å². The molecule has 0 saturated carbocycles. The lowest BCUT2D eigenvalue weighted by Gasteiger charge is -2.27. The lowest BCUT2D eigenvalue weighted by Crippen LogP contribution is -2.39. The Morgan fingerprint density at radius 2 is 1.71 bits per heavy atom. The third-order valence-corrected chi connectivity index (χ3v) is 6.89. The second kappa shape index (κ2) is 8.49. The molecule has 0 saturated heterocycles. The molecule has 1 aromatic heterocycles. The molecule has 0 aliphatic heterocycles. The minimum absolute atomic E-state index is 0.117. The van der Waals surface area contributed by atoms with E-state index in [2.05, 4.69) is 10.3 Å². The second-order valence-electron chi connectivity index (χ2n) is 7.60. The van der Waals surface area contributed by atoms with Gasteiger partial charge in [0.15, 0.2) is 0 Å². The summed E-state index contributed by atoms with van der Waals surface area (Å²) in [7, 11) is -3.88. The molecule has 0 radical (unpaired) electrons. The van der Waals surface area contributed by atoms with Gasteiger partial charge in [0.05, 0.1) is 35.3 Å². The largest absolute Gasteiger partial charge is 0.389 e. The first-order chi connectivity index (χ1) is 14.8. The number of aryl methyl sites for hydroxylation is 2. The Bertz CT molecular complexity index is 1300. The van der Waals surface area contributed by atoms with Gasteiger partial charge in [-0.2, -0.15) is 0 Å². The summed E-state index contributed by atoms with van der Waals surface area (Å²) in [5, 5.41) is 19.0. The molecule has 7 nitrogen and oxygen atoms in total. The highest BCUT2D eigenvalue weighted by Gasteiger charge is 2.27. The fourth-order valence-corrected chi connectivity index (χ4v) is 4.96. The van der Waals surface area contributed by atoms with E-state index in [9.17, 15) is 13.5 Å². The Kier molecular flexibility index (Phi) is 5.75. The van der Waals surface area contributed by atoms with E-state index in [-0.39, 0.29) is 18.0 Å².